The maximum atomic E-state index is 13.6. The minimum atomic E-state index is -1.04. The molecule has 0 aliphatic heterocycles. The Kier molecular flexibility index (Phi) is 7.90. The molecular formula is C29H25F2NO4. The number of aryl methyl sites for hydroxylation is 2. The van der Waals surface area contributed by atoms with Gasteiger partial charge in [-0.2, -0.15) is 0 Å². The number of H-pyrrole nitrogens is 1. The highest BCUT2D eigenvalue weighted by atomic mass is 19.1. The summed E-state index contributed by atoms with van der Waals surface area (Å²) in [6, 6.07) is 21.3. The molecule has 4 rings (SSSR count). The Morgan fingerprint density at radius 3 is 2.11 bits per heavy atom. The summed E-state index contributed by atoms with van der Waals surface area (Å²) >= 11 is 0. The van der Waals surface area contributed by atoms with Gasteiger partial charge in [0.25, 0.3) is 5.56 Å². The molecule has 0 bridgehead atoms. The Morgan fingerprint density at radius 2 is 1.50 bits per heavy atom. The number of hydrogen-bond donors (Lipinski definition) is 2. The number of aromatic amines is 1. The summed E-state index contributed by atoms with van der Waals surface area (Å²) in [5.74, 6) is -1.58. The summed E-state index contributed by atoms with van der Waals surface area (Å²) < 4.78 is 32.4. The molecule has 0 amide bonds. The Balaban J connectivity index is 1.54. The number of carboxylic acid groups (broad SMARTS) is 1. The van der Waals surface area contributed by atoms with Crippen LogP contribution in [0, 0.1) is 11.6 Å². The first-order chi connectivity index (χ1) is 17.4. The van der Waals surface area contributed by atoms with Gasteiger partial charge in [-0.25, -0.2) is 13.6 Å². The Bertz CT molecular complexity index is 1340. The monoisotopic (exact) mass is 489 g/mol. The molecule has 5 nitrogen and oxygen atoms in total. The normalized spacial score (nSPS) is 11.0. The molecule has 4 aromatic rings. The van der Waals surface area contributed by atoms with Gasteiger partial charge in [0, 0.05) is 17.7 Å². The van der Waals surface area contributed by atoms with Crippen LogP contribution < -0.4 is 10.3 Å². The molecule has 0 fully saturated rings. The lowest BCUT2D eigenvalue weighted by Gasteiger charge is -2.19. The SMILES string of the molecule is O=C(O)COc1cccc(CCCc2cc(C(c3ccc(F)cc3)c3ccc(F)cc3)c[nH]c2=O)c1. The quantitative estimate of drug-likeness (QED) is 0.310. The maximum absolute atomic E-state index is 13.6. The zero-order valence-electron chi connectivity index (χ0n) is 19.4. The number of aliphatic carboxylic acids is 1. The fourth-order valence-electron chi connectivity index (χ4n) is 4.21. The zero-order valence-corrected chi connectivity index (χ0v) is 19.4. The Morgan fingerprint density at radius 1 is 0.861 bits per heavy atom. The van der Waals surface area contributed by atoms with E-state index in [1.807, 2.05) is 12.1 Å². The summed E-state index contributed by atoms with van der Waals surface area (Å²) in [6.07, 6.45) is 3.52. The highest BCUT2D eigenvalue weighted by molar-refractivity contribution is 5.68. The number of benzene rings is 3. The highest BCUT2D eigenvalue weighted by Crippen LogP contribution is 2.32. The number of aromatic nitrogens is 1. The van der Waals surface area contributed by atoms with Gasteiger partial charge in [0.15, 0.2) is 6.61 Å². The lowest BCUT2D eigenvalue weighted by Crippen LogP contribution is -2.15. The summed E-state index contributed by atoms with van der Waals surface area (Å²) in [4.78, 5) is 26.1. The average molecular weight is 490 g/mol. The maximum Gasteiger partial charge on any atom is 0.341 e. The van der Waals surface area contributed by atoms with Crippen molar-refractivity contribution >= 4 is 5.97 Å². The molecule has 1 aromatic heterocycles. The Hall–Kier alpha value is -4.26. The van der Waals surface area contributed by atoms with Gasteiger partial charge in [-0.15, -0.1) is 0 Å². The largest absolute Gasteiger partial charge is 0.482 e. The fourth-order valence-corrected chi connectivity index (χ4v) is 4.21. The van der Waals surface area contributed by atoms with Crippen molar-refractivity contribution in [3.8, 4) is 5.75 Å². The first kappa shape index (κ1) is 24.9. The van der Waals surface area contributed by atoms with Crippen molar-refractivity contribution in [2.75, 3.05) is 6.61 Å². The van der Waals surface area contributed by atoms with Crippen molar-refractivity contribution < 1.29 is 23.4 Å². The summed E-state index contributed by atoms with van der Waals surface area (Å²) in [7, 11) is 0. The molecule has 3 aromatic carbocycles. The third kappa shape index (κ3) is 6.44. The molecule has 0 spiro atoms. The van der Waals surface area contributed by atoms with Gasteiger partial charge in [0.1, 0.15) is 17.4 Å². The second kappa shape index (κ2) is 11.4. The number of hydrogen-bond acceptors (Lipinski definition) is 3. The number of ether oxygens (including phenoxy) is 1. The van der Waals surface area contributed by atoms with Crippen LogP contribution in [0.25, 0.3) is 0 Å². The van der Waals surface area contributed by atoms with E-state index in [-0.39, 0.29) is 23.1 Å². The Labute approximate surface area is 207 Å². The topological polar surface area (TPSA) is 79.4 Å². The van der Waals surface area contributed by atoms with Gasteiger partial charge in [-0.3, -0.25) is 4.79 Å². The van der Waals surface area contributed by atoms with E-state index in [1.165, 1.54) is 24.3 Å². The van der Waals surface area contributed by atoms with Crippen molar-refractivity contribution in [2.45, 2.75) is 25.2 Å². The molecule has 2 N–H and O–H groups in total. The lowest BCUT2D eigenvalue weighted by atomic mass is 9.85. The van der Waals surface area contributed by atoms with E-state index in [2.05, 4.69) is 4.98 Å². The van der Waals surface area contributed by atoms with Crippen LogP contribution in [0.5, 0.6) is 5.75 Å². The zero-order chi connectivity index (χ0) is 25.5. The second-order valence-corrected chi connectivity index (χ2v) is 8.51. The molecular weight excluding hydrogens is 464 g/mol. The van der Waals surface area contributed by atoms with Crippen LogP contribution in [-0.4, -0.2) is 22.7 Å². The third-order valence-corrected chi connectivity index (χ3v) is 5.91. The van der Waals surface area contributed by atoms with Crippen molar-refractivity contribution in [3.63, 3.8) is 0 Å². The molecule has 0 saturated heterocycles. The van der Waals surface area contributed by atoms with E-state index in [0.717, 1.165) is 22.3 Å². The minimum Gasteiger partial charge on any atom is -0.482 e. The van der Waals surface area contributed by atoms with Gasteiger partial charge in [-0.1, -0.05) is 36.4 Å². The number of rotatable bonds is 10. The summed E-state index contributed by atoms with van der Waals surface area (Å²) in [5.41, 5.74) is 3.85. The van der Waals surface area contributed by atoms with E-state index >= 15 is 0 Å². The van der Waals surface area contributed by atoms with E-state index in [9.17, 15) is 18.4 Å². The van der Waals surface area contributed by atoms with Crippen molar-refractivity contribution in [1.82, 2.24) is 4.98 Å². The van der Waals surface area contributed by atoms with E-state index < -0.39 is 12.6 Å². The fraction of sp³-hybridized carbons (Fsp3) is 0.172. The van der Waals surface area contributed by atoms with Crippen LogP contribution in [-0.2, 0) is 17.6 Å². The molecule has 0 aliphatic carbocycles. The minimum absolute atomic E-state index is 0.186. The van der Waals surface area contributed by atoms with Crippen LogP contribution in [0.4, 0.5) is 8.78 Å². The third-order valence-electron chi connectivity index (χ3n) is 5.91. The molecule has 0 aliphatic rings. The number of carboxylic acids is 1. The van der Waals surface area contributed by atoms with Gasteiger partial charge < -0.3 is 14.8 Å². The predicted molar refractivity (Wildman–Crippen MR) is 132 cm³/mol. The van der Waals surface area contributed by atoms with Crippen LogP contribution in [0.2, 0.25) is 0 Å². The van der Waals surface area contributed by atoms with Crippen molar-refractivity contribution in [3.05, 3.63) is 135 Å². The van der Waals surface area contributed by atoms with Crippen LogP contribution in [0.15, 0.2) is 89.9 Å². The standard InChI is InChI=1S/C29H25F2NO4/c30-24-11-7-20(8-12-24)28(21-9-13-25(31)14-10-21)23-16-22(29(35)32-17-23)5-1-3-19-4-2-6-26(15-19)36-18-27(33)34/h2,4,6-17,28H,1,3,5,18H2,(H,32,35)(H,33,34). The van der Waals surface area contributed by atoms with Gasteiger partial charge in [0.05, 0.1) is 0 Å². The number of halogens is 2. The molecule has 7 heteroatoms. The number of nitrogens with one attached hydrogen (secondary N) is 1. The first-order valence-electron chi connectivity index (χ1n) is 11.5. The van der Waals surface area contributed by atoms with Crippen LogP contribution in [0.3, 0.4) is 0 Å². The molecule has 0 saturated carbocycles. The molecule has 36 heavy (non-hydrogen) atoms. The van der Waals surface area contributed by atoms with E-state index in [1.54, 1.807) is 48.7 Å². The van der Waals surface area contributed by atoms with Crippen molar-refractivity contribution in [2.24, 2.45) is 0 Å². The number of pyridine rings is 1. The first-order valence-corrected chi connectivity index (χ1v) is 11.5. The highest BCUT2D eigenvalue weighted by Gasteiger charge is 2.19. The van der Waals surface area contributed by atoms with E-state index in [4.69, 9.17) is 9.84 Å². The van der Waals surface area contributed by atoms with Gasteiger partial charge in [0.2, 0.25) is 0 Å². The van der Waals surface area contributed by atoms with Crippen LogP contribution in [0.1, 0.15) is 40.2 Å². The molecule has 1 heterocycles. The molecule has 0 unspecified atom stereocenters. The molecule has 0 radical (unpaired) electrons. The predicted octanol–water partition coefficient (Wildman–Crippen LogP) is 5.47. The lowest BCUT2D eigenvalue weighted by molar-refractivity contribution is -0.139. The summed E-state index contributed by atoms with van der Waals surface area (Å²) in [6.45, 7) is -0.408. The molecule has 184 valence electrons. The van der Waals surface area contributed by atoms with Crippen LogP contribution >= 0.6 is 0 Å². The average Bonchev–Trinajstić information content (AvgIpc) is 2.87. The second-order valence-electron chi connectivity index (χ2n) is 8.51. The smallest absolute Gasteiger partial charge is 0.341 e. The molecule has 0 atom stereocenters. The van der Waals surface area contributed by atoms with E-state index in [0.29, 0.717) is 30.6 Å². The summed E-state index contributed by atoms with van der Waals surface area (Å²) in [5, 5.41) is 8.78. The van der Waals surface area contributed by atoms with Gasteiger partial charge >= 0.3 is 5.97 Å². The number of carbonyl (C=O) groups is 1. The van der Waals surface area contributed by atoms with Crippen molar-refractivity contribution in [1.29, 1.82) is 0 Å². The van der Waals surface area contributed by atoms with Gasteiger partial charge in [-0.05, 0) is 84.0 Å².